The van der Waals surface area contributed by atoms with Gasteiger partial charge in [-0.15, -0.1) is 0 Å². The quantitative estimate of drug-likeness (QED) is 0.136. The number of allylic oxidation sites excluding steroid dienone is 1. The van der Waals surface area contributed by atoms with Gasteiger partial charge in [0.2, 0.25) is 5.78 Å². The molecule has 0 radical (unpaired) electrons. The summed E-state index contributed by atoms with van der Waals surface area (Å²) in [5, 5.41) is 9.65. The molecule has 0 aliphatic rings. The Morgan fingerprint density at radius 1 is 1.11 bits per heavy atom. The van der Waals surface area contributed by atoms with E-state index in [-0.39, 0.29) is 53.4 Å². The van der Waals surface area contributed by atoms with E-state index in [1.54, 1.807) is 19.1 Å². The van der Waals surface area contributed by atoms with Gasteiger partial charge in [-0.25, -0.2) is 9.18 Å². The molecule has 2 aromatic carbocycles. The molecule has 0 unspecified atom stereocenters. The number of hydrogen-bond acceptors (Lipinski definition) is 6. The summed E-state index contributed by atoms with van der Waals surface area (Å²) in [6.07, 6.45) is 1.91. The van der Waals surface area contributed by atoms with Crippen LogP contribution in [-0.2, 0) is 16.0 Å². The smallest absolute Gasteiger partial charge is 0.341 e. The fraction of sp³-hybridized carbons (Fsp3) is 0.407. The van der Waals surface area contributed by atoms with Crippen LogP contribution in [0.3, 0.4) is 0 Å². The highest BCUT2D eigenvalue weighted by atomic mass is 35.5. The van der Waals surface area contributed by atoms with E-state index < -0.39 is 17.6 Å². The highest BCUT2D eigenvalue weighted by molar-refractivity contribution is 6.30. The summed E-state index contributed by atoms with van der Waals surface area (Å²) in [5.41, 5.74) is 0.782. The van der Waals surface area contributed by atoms with Crippen molar-refractivity contribution >= 4 is 23.4 Å². The molecule has 0 spiro atoms. The molecule has 0 aliphatic heterocycles. The van der Waals surface area contributed by atoms with Gasteiger partial charge in [0, 0.05) is 19.1 Å². The van der Waals surface area contributed by atoms with E-state index in [1.165, 1.54) is 38.5 Å². The topological polar surface area (TPSA) is 82.1 Å². The standard InChI is InChI=1S/C27H32ClFO6/c1-6-35-27(32)20(11-10-18(15-30)16(2)3)26(31)21-13-19(23(33-4)14-24(21)34-5)12-17-8-7-9-22(28)25(17)29/h7-9,11,13-14,16,18,30H,6,10,12,15H2,1-5H3/t18-/m1/s1. The van der Waals surface area contributed by atoms with Crippen LogP contribution in [0.5, 0.6) is 11.5 Å². The minimum Gasteiger partial charge on any atom is -0.496 e. The molecule has 0 aliphatic carbocycles. The molecule has 190 valence electrons. The highest BCUT2D eigenvalue weighted by Crippen LogP contribution is 2.33. The zero-order valence-electron chi connectivity index (χ0n) is 20.7. The largest absolute Gasteiger partial charge is 0.496 e. The Morgan fingerprint density at radius 2 is 1.80 bits per heavy atom. The monoisotopic (exact) mass is 506 g/mol. The summed E-state index contributed by atoms with van der Waals surface area (Å²) in [4.78, 5) is 26.3. The molecule has 6 nitrogen and oxygen atoms in total. The van der Waals surface area contributed by atoms with Crippen molar-refractivity contribution in [3.8, 4) is 11.5 Å². The lowest BCUT2D eigenvalue weighted by Crippen LogP contribution is -2.19. The third-order valence-corrected chi connectivity index (χ3v) is 6.09. The second kappa shape index (κ2) is 13.3. The Balaban J connectivity index is 2.58. The van der Waals surface area contributed by atoms with Gasteiger partial charge in [-0.2, -0.15) is 0 Å². The van der Waals surface area contributed by atoms with Gasteiger partial charge in [0.05, 0.1) is 31.4 Å². The predicted molar refractivity (Wildman–Crippen MR) is 133 cm³/mol. The van der Waals surface area contributed by atoms with E-state index in [0.717, 1.165) is 0 Å². The van der Waals surface area contributed by atoms with Crippen LogP contribution in [0.4, 0.5) is 4.39 Å². The Morgan fingerprint density at radius 3 is 2.37 bits per heavy atom. The van der Waals surface area contributed by atoms with Crippen LogP contribution in [0.15, 0.2) is 42.0 Å². The minimum atomic E-state index is -0.766. The van der Waals surface area contributed by atoms with Crippen LogP contribution in [0, 0.1) is 17.7 Å². The first-order chi connectivity index (χ1) is 16.7. The van der Waals surface area contributed by atoms with Gasteiger partial charge in [-0.3, -0.25) is 4.79 Å². The molecule has 0 saturated carbocycles. The van der Waals surface area contributed by atoms with E-state index >= 15 is 0 Å². The van der Waals surface area contributed by atoms with Gasteiger partial charge in [-0.05, 0) is 48.4 Å². The number of ketones is 1. The third kappa shape index (κ3) is 7.05. The summed E-state index contributed by atoms with van der Waals surface area (Å²) < 4.78 is 30.6. The maximum Gasteiger partial charge on any atom is 0.341 e. The number of ether oxygens (including phenoxy) is 3. The Bertz CT molecular complexity index is 1080. The number of esters is 1. The molecule has 1 N–H and O–H groups in total. The van der Waals surface area contributed by atoms with Crippen LogP contribution in [0.1, 0.15) is 48.7 Å². The second-order valence-electron chi connectivity index (χ2n) is 8.34. The van der Waals surface area contributed by atoms with Crippen molar-refractivity contribution in [1.29, 1.82) is 0 Å². The number of aliphatic hydroxyl groups is 1. The Hall–Kier alpha value is -2.90. The van der Waals surface area contributed by atoms with Crippen molar-refractivity contribution in [1.82, 2.24) is 0 Å². The first-order valence-corrected chi connectivity index (χ1v) is 11.8. The molecule has 0 aromatic heterocycles. The van der Waals surface area contributed by atoms with Crippen LogP contribution >= 0.6 is 11.6 Å². The molecule has 0 saturated heterocycles. The molecule has 8 heteroatoms. The molecule has 0 fully saturated rings. The number of methoxy groups -OCH3 is 2. The number of benzene rings is 2. The lowest BCUT2D eigenvalue weighted by atomic mass is 9.90. The van der Waals surface area contributed by atoms with Crippen molar-refractivity contribution in [2.45, 2.75) is 33.6 Å². The highest BCUT2D eigenvalue weighted by Gasteiger charge is 2.26. The molecule has 2 aromatic rings. The zero-order chi connectivity index (χ0) is 26.1. The number of carbonyl (C=O) groups is 2. The number of carbonyl (C=O) groups excluding carboxylic acids is 2. The fourth-order valence-electron chi connectivity index (χ4n) is 3.62. The van der Waals surface area contributed by atoms with Crippen molar-refractivity contribution in [3.63, 3.8) is 0 Å². The van der Waals surface area contributed by atoms with Crippen LogP contribution in [-0.4, -0.2) is 44.3 Å². The van der Waals surface area contributed by atoms with E-state index in [2.05, 4.69) is 0 Å². The average Bonchev–Trinajstić information content (AvgIpc) is 2.83. The second-order valence-corrected chi connectivity index (χ2v) is 8.75. The van der Waals surface area contributed by atoms with Gasteiger partial charge in [0.25, 0.3) is 0 Å². The Kier molecular flexibility index (Phi) is 10.7. The number of Topliss-reactive ketones (excluding diaryl/α,β-unsaturated/α-hetero) is 1. The average molecular weight is 507 g/mol. The summed E-state index contributed by atoms with van der Waals surface area (Å²) in [5.74, 6) is -1.33. The maximum absolute atomic E-state index is 14.6. The van der Waals surface area contributed by atoms with E-state index in [0.29, 0.717) is 23.3 Å². The summed E-state index contributed by atoms with van der Waals surface area (Å²) in [6.45, 7) is 5.56. The lowest BCUT2D eigenvalue weighted by Gasteiger charge is -2.18. The SMILES string of the molecule is CCOC(=O)C(=CC[C@H](CO)C(C)C)C(=O)c1cc(Cc2cccc(Cl)c2F)c(OC)cc1OC. The fourth-order valence-corrected chi connectivity index (χ4v) is 3.81. The molecule has 0 heterocycles. The summed E-state index contributed by atoms with van der Waals surface area (Å²) >= 11 is 5.93. The number of aliphatic hydroxyl groups excluding tert-OH is 1. The molecule has 1 atom stereocenters. The van der Waals surface area contributed by atoms with Gasteiger partial charge in [0.15, 0.2) is 0 Å². The van der Waals surface area contributed by atoms with Gasteiger partial charge >= 0.3 is 5.97 Å². The molecular weight excluding hydrogens is 475 g/mol. The van der Waals surface area contributed by atoms with Crippen LogP contribution < -0.4 is 9.47 Å². The molecule has 35 heavy (non-hydrogen) atoms. The number of halogens is 2. The van der Waals surface area contributed by atoms with Gasteiger partial charge < -0.3 is 19.3 Å². The summed E-state index contributed by atoms with van der Waals surface area (Å²) in [6, 6.07) is 7.74. The van der Waals surface area contributed by atoms with Crippen LogP contribution in [0.25, 0.3) is 0 Å². The molecule has 2 rings (SSSR count). The molecule has 0 amide bonds. The predicted octanol–water partition coefficient (Wildman–Crippen LogP) is 5.41. The van der Waals surface area contributed by atoms with Crippen molar-refractivity contribution < 1.29 is 33.3 Å². The first-order valence-electron chi connectivity index (χ1n) is 11.4. The Labute approximate surface area is 210 Å². The zero-order valence-corrected chi connectivity index (χ0v) is 21.4. The van der Waals surface area contributed by atoms with E-state index in [1.807, 2.05) is 13.8 Å². The van der Waals surface area contributed by atoms with Crippen molar-refractivity contribution in [3.05, 3.63) is 69.5 Å². The summed E-state index contributed by atoms with van der Waals surface area (Å²) in [7, 11) is 2.86. The van der Waals surface area contributed by atoms with E-state index in [9.17, 15) is 19.1 Å². The van der Waals surface area contributed by atoms with Crippen molar-refractivity contribution in [2.24, 2.45) is 11.8 Å². The molecule has 0 bridgehead atoms. The van der Waals surface area contributed by atoms with Crippen LogP contribution in [0.2, 0.25) is 5.02 Å². The first kappa shape index (κ1) is 28.3. The molecular formula is C27H32ClFO6. The maximum atomic E-state index is 14.6. The van der Waals surface area contributed by atoms with Crippen molar-refractivity contribution in [2.75, 3.05) is 27.4 Å². The normalized spacial score (nSPS) is 12.4. The van der Waals surface area contributed by atoms with E-state index in [4.69, 9.17) is 25.8 Å². The number of hydrogen-bond donors (Lipinski definition) is 1. The minimum absolute atomic E-state index is 0.0117. The third-order valence-electron chi connectivity index (χ3n) is 5.80. The van der Waals surface area contributed by atoms with Gasteiger partial charge in [-0.1, -0.05) is 43.7 Å². The van der Waals surface area contributed by atoms with Gasteiger partial charge in [0.1, 0.15) is 22.9 Å². The lowest BCUT2D eigenvalue weighted by molar-refractivity contribution is -0.138. The number of rotatable bonds is 12.